The Kier molecular flexibility index (Phi) is 6.99. The van der Waals surface area contributed by atoms with Crippen molar-refractivity contribution in [1.82, 2.24) is 5.32 Å². The zero-order valence-corrected chi connectivity index (χ0v) is 15.5. The number of carbonyl (C=O) groups excluding carboxylic acids is 1. The lowest BCUT2D eigenvalue weighted by molar-refractivity contribution is -0.119. The molecule has 0 fully saturated rings. The fraction of sp³-hybridized carbons (Fsp3) is 0.278. The second-order valence-corrected chi connectivity index (χ2v) is 7.23. The topological polar surface area (TPSA) is 84.9 Å². The first-order valence-electron chi connectivity index (χ1n) is 7.96. The maximum absolute atomic E-state index is 13.1. The van der Waals surface area contributed by atoms with Gasteiger partial charge in [0.2, 0.25) is 5.91 Å². The number of amides is 1. The highest BCUT2D eigenvalue weighted by molar-refractivity contribution is 7.92. The Morgan fingerprint density at radius 2 is 1.69 bits per heavy atom. The summed E-state index contributed by atoms with van der Waals surface area (Å²) in [6.07, 6.45) is 0. The maximum atomic E-state index is 13.1. The molecule has 0 saturated heterocycles. The molecular formula is C18H22N2O5S. The van der Waals surface area contributed by atoms with Gasteiger partial charge in [-0.3, -0.25) is 9.10 Å². The number of anilines is 1. The zero-order chi connectivity index (χ0) is 19.0. The highest BCUT2D eigenvalue weighted by atomic mass is 32.2. The van der Waals surface area contributed by atoms with Gasteiger partial charge in [-0.1, -0.05) is 18.2 Å². The molecule has 0 aliphatic heterocycles. The summed E-state index contributed by atoms with van der Waals surface area (Å²) in [4.78, 5) is 12.3. The normalized spacial score (nSPS) is 11.0. The second kappa shape index (κ2) is 9.21. The molecule has 0 aliphatic rings. The third-order valence-corrected chi connectivity index (χ3v) is 5.40. The number of benzene rings is 2. The lowest BCUT2D eigenvalue weighted by Gasteiger charge is -2.24. The van der Waals surface area contributed by atoms with Crippen molar-refractivity contribution < 1.29 is 22.7 Å². The highest BCUT2D eigenvalue weighted by Gasteiger charge is 2.27. The molecule has 0 spiro atoms. The van der Waals surface area contributed by atoms with Crippen molar-refractivity contribution in [2.24, 2.45) is 0 Å². The number of para-hydroxylation sites is 1. The van der Waals surface area contributed by atoms with Crippen LogP contribution in [0.4, 0.5) is 5.69 Å². The first-order chi connectivity index (χ1) is 12.5. The van der Waals surface area contributed by atoms with E-state index >= 15 is 0 Å². The van der Waals surface area contributed by atoms with Gasteiger partial charge in [0.25, 0.3) is 10.0 Å². The monoisotopic (exact) mass is 378 g/mol. The number of hydrogen-bond acceptors (Lipinski definition) is 5. The molecule has 2 aromatic rings. The van der Waals surface area contributed by atoms with Crippen LogP contribution in [0, 0.1) is 0 Å². The van der Waals surface area contributed by atoms with Gasteiger partial charge in [0.05, 0.1) is 24.3 Å². The summed E-state index contributed by atoms with van der Waals surface area (Å²) in [5, 5.41) is 2.64. The van der Waals surface area contributed by atoms with E-state index in [4.69, 9.17) is 9.47 Å². The third kappa shape index (κ3) is 4.96. The molecule has 2 aromatic carbocycles. The summed E-state index contributed by atoms with van der Waals surface area (Å²) in [6, 6.07) is 14.5. The van der Waals surface area contributed by atoms with Crippen LogP contribution in [0.1, 0.15) is 0 Å². The van der Waals surface area contributed by atoms with Gasteiger partial charge in [-0.25, -0.2) is 8.42 Å². The van der Waals surface area contributed by atoms with Crippen molar-refractivity contribution in [2.45, 2.75) is 4.90 Å². The number of nitrogens with zero attached hydrogens (tertiary/aromatic N) is 1. The van der Waals surface area contributed by atoms with E-state index < -0.39 is 15.9 Å². The van der Waals surface area contributed by atoms with E-state index in [9.17, 15) is 13.2 Å². The number of methoxy groups -OCH3 is 2. The Morgan fingerprint density at radius 3 is 2.27 bits per heavy atom. The number of rotatable bonds is 9. The summed E-state index contributed by atoms with van der Waals surface area (Å²) < 4.78 is 37.2. The smallest absolute Gasteiger partial charge is 0.264 e. The first kappa shape index (κ1) is 19.7. The van der Waals surface area contributed by atoms with Crippen molar-refractivity contribution in [1.29, 1.82) is 0 Å². The van der Waals surface area contributed by atoms with Crippen LogP contribution < -0.4 is 14.4 Å². The average molecular weight is 378 g/mol. The largest absolute Gasteiger partial charge is 0.497 e. The van der Waals surface area contributed by atoms with Crippen molar-refractivity contribution in [3.63, 3.8) is 0 Å². The van der Waals surface area contributed by atoms with E-state index in [1.165, 1.54) is 26.4 Å². The molecule has 0 atom stereocenters. The molecule has 2 rings (SSSR count). The third-order valence-electron chi connectivity index (χ3n) is 3.61. The Hall–Kier alpha value is -2.58. The van der Waals surface area contributed by atoms with Crippen LogP contribution in [-0.2, 0) is 19.6 Å². The van der Waals surface area contributed by atoms with Crippen LogP contribution in [0.15, 0.2) is 59.5 Å². The minimum Gasteiger partial charge on any atom is -0.497 e. The predicted octanol–water partition coefficient (Wildman–Crippen LogP) is 1.65. The molecule has 0 saturated carbocycles. The summed E-state index contributed by atoms with van der Waals surface area (Å²) in [5.41, 5.74) is 0.408. The lowest BCUT2D eigenvalue weighted by Crippen LogP contribution is -2.41. The second-order valence-electron chi connectivity index (χ2n) is 5.37. The van der Waals surface area contributed by atoms with Gasteiger partial charge >= 0.3 is 0 Å². The summed E-state index contributed by atoms with van der Waals surface area (Å²) in [7, 11) is -0.891. The molecule has 0 heterocycles. The number of ether oxygens (including phenoxy) is 2. The standard InChI is InChI=1S/C18H22N2O5S/c1-24-13-12-19-18(21)14-20(15-6-4-3-5-7-15)26(22,23)17-10-8-16(25-2)9-11-17/h3-11H,12-14H2,1-2H3,(H,19,21). The summed E-state index contributed by atoms with van der Waals surface area (Å²) in [5.74, 6) is 0.135. The molecule has 1 N–H and O–H groups in total. The van der Waals surface area contributed by atoms with E-state index in [1.807, 2.05) is 0 Å². The van der Waals surface area contributed by atoms with Crippen LogP contribution in [0.3, 0.4) is 0 Å². The maximum Gasteiger partial charge on any atom is 0.264 e. The van der Waals surface area contributed by atoms with Crippen LogP contribution in [0.2, 0.25) is 0 Å². The summed E-state index contributed by atoms with van der Waals surface area (Å²) >= 11 is 0. The number of carbonyl (C=O) groups is 1. The zero-order valence-electron chi connectivity index (χ0n) is 14.7. The molecule has 1 amide bonds. The number of hydrogen-bond donors (Lipinski definition) is 1. The molecule has 0 aromatic heterocycles. The number of nitrogens with one attached hydrogen (secondary N) is 1. The van der Waals surface area contributed by atoms with Crippen molar-refractivity contribution in [3.8, 4) is 5.75 Å². The van der Waals surface area contributed by atoms with E-state index in [0.717, 1.165) is 4.31 Å². The molecular weight excluding hydrogens is 356 g/mol. The minimum absolute atomic E-state index is 0.0758. The molecule has 26 heavy (non-hydrogen) atoms. The SMILES string of the molecule is COCCNC(=O)CN(c1ccccc1)S(=O)(=O)c1ccc(OC)cc1. The quantitative estimate of drug-likeness (QED) is 0.671. The Bertz CT molecular complexity index is 807. The lowest BCUT2D eigenvalue weighted by atomic mass is 10.3. The summed E-state index contributed by atoms with van der Waals surface area (Å²) in [6.45, 7) is 0.324. The van der Waals surface area contributed by atoms with Crippen LogP contribution in [0.5, 0.6) is 5.75 Å². The molecule has 0 radical (unpaired) electrons. The van der Waals surface area contributed by atoms with Crippen molar-refractivity contribution in [2.75, 3.05) is 38.2 Å². The first-order valence-corrected chi connectivity index (χ1v) is 9.40. The molecule has 140 valence electrons. The van der Waals surface area contributed by atoms with E-state index in [1.54, 1.807) is 42.5 Å². The predicted molar refractivity (Wildman–Crippen MR) is 98.9 cm³/mol. The van der Waals surface area contributed by atoms with Gasteiger partial charge in [0.15, 0.2) is 0 Å². The Morgan fingerprint density at radius 1 is 1.04 bits per heavy atom. The molecule has 7 nitrogen and oxygen atoms in total. The van der Waals surface area contributed by atoms with E-state index in [0.29, 0.717) is 24.6 Å². The van der Waals surface area contributed by atoms with Gasteiger partial charge in [-0.2, -0.15) is 0 Å². The van der Waals surface area contributed by atoms with Crippen molar-refractivity contribution >= 4 is 21.6 Å². The van der Waals surface area contributed by atoms with Gasteiger partial charge < -0.3 is 14.8 Å². The van der Waals surface area contributed by atoms with Crippen molar-refractivity contribution in [3.05, 3.63) is 54.6 Å². The Balaban J connectivity index is 2.31. The van der Waals surface area contributed by atoms with Crippen LogP contribution >= 0.6 is 0 Å². The molecule has 0 bridgehead atoms. The van der Waals surface area contributed by atoms with Gasteiger partial charge in [0, 0.05) is 13.7 Å². The molecule has 0 unspecified atom stereocenters. The fourth-order valence-electron chi connectivity index (χ4n) is 2.26. The highest BCUT2D eigenvalue weighted by Crippen LogP contribution is 2.24. The molecule has 0 aliphatic carbocycles. The van der Waals surface area contributed by atoms with Crippen LogP contribution in [-0.4, -0.2) is 48.2 Å². The van der Waals surface area contributed by atoms with E-state index in [2.05, 4.69) is 5.32 Å². The van der Waals surface area contributed by atoms with Gasteiger partial charge in [0.1, 0.15) is 12.3 Å². The van der Waals surface area contributed by atoms with Crippen LogP contribution in [0.25, 0.3) is 0 Å². The Labute approximate surface area is 153 Å². The van der Waals surface area contributed by atoms with Gasteiger partial charge in [-0.05, 0) is 36.4 Å². The minimum atomic E-state index is -3.92. The molecule has 8 heteroatoms. The van der Waals surface area contributed by atoms with E-state index in [-0.39, 0.29) is 11.4 Å². The fourth-order valence-corrected chi connectivity index (χ4v) is 3.68. The number of sulfonamides is 1. The van der Waals surface area contributed by atoms with Gasteiger partial charge in [-0.15, -0.1) is 0 Å². The average Bonchev–Trinajstić information content (AvgIpc) is 2.67.